The first-order chi connectivity index (χ1) is 9.50. The summed E-state index contributed by atoms with van der Waals surface area (Å²) < 4.78 is 38.3. The maximum Gasteiger partial charge on any atom is 0.416 e. The minimum atomic E-state index is -4.31. The summed E-state index contributed by atoms with van der Waals surface area (Å²) in [4.78, 5) is 4.19. The lowest BCUT2D eigenvalue weighted by molar-refractivity contribution is -0.137. The normalized spacial score (nSPS) is 13.4. The highest BCUT2D eigenvalue weighted by Crippen LogP contribution is 2.31. The van der Waals surface area contributed by atoms with E-state index in [9.17, 15) is 13.2 Å². The average molecular weight is 300 g/mol. The van der Waals surface area contributed by atoms with Gasteiger partial charge in [-0.1, -0.05) is 19.1 Å². The maximum absolute atomic E-state index is 12.8. The Morgan fingerprint density at radius 3 is 2.75 bits per heavy atom. The van der Waals surface area contributed by atoms with Gasteiger partial charge in [-0.25, -0.2) is 4.98 Å². The Kier molecular flexibility index (Phi) is 4.77. The fraction of sp³-hybridized carbons (Fsp3) is 0.357. The first-order valence-corrected chi connectivity index (χ1v) is 7.17. The predicted octanol–water partition coefficient (Wildman–Crippen LogP) is 4.06. The predicted molar refractivity (Wildman–Crippen MR) is 73.7 cm³/mol. The van der Waals surface area contributed by atoms with E-state index in [1.165, 1.54) is 23.5 Å². The quantitative estimate of drug-likeness (QED) is 0.901. The van der Waals surface area contributed by atoms with Crippen molar-refractivity contribution < 1.29 is 13.2 Å². The molecule has 0 aliphatic carbocycles. The Bertz CT molecular complexity index is 538. The molecule has 0 aliphatic heterocycles. The summed E-state index contributed by atoms with van der Waals surface area (Å²) in [6.07, 6.45) is -2.02. The van der Waals surface area contributed by atoms with Crippen molar-refractivity contribution in [1.29, 1.82) is 0 Å². The molecule has 0 fully saturated rings. The van der Waals surface area contributed by atoms with E-state index in [4.69, 9.17) is 0 Å². The third-order valence-corrected chi connectivity index (χ3v) is 3.73. The molecule has 108 valence electrons. The van der Waals surface area contributed by atoms with Crippen molar-refractivity contribution in [2.75, 3.05) is 6.54 Å². The van der Waals surface area contributed by atoms with Crippen LogP contribution in [0.5, 0.6) is 0 Å². The number of hydrogen-bond acceptors (Lipinski definition) is 3. The van der Waals surface area contributed by atoms with Gasteiger partial charge in [0.25, 0.3) is 0 Å². The van der Waals surface area contributed by atoms with Gasteiger partial charge in [0.1, 0.15) is 0 Å². The molecule has 2 nitrogen and oxygen atoms in total. The molecule has 1 N–H and O–H groups in total. The molecule has 0 saturated carbocycles. The molecule has 0 amide bonds. The van der Waals surface area contributed by atoms with E-state index in [0.717, 1.165) is 11.1 Å². The van der Waals surface area contributed by atoms with Crippen molar-refractivity contribution in [3.8, 4) is 0 Å². The van der Waals surface area contributed by atoms with Crippen molar-refractivity contribution in [3.05, 3.63) is 52.0 Å². The molecule has 20 heavy (non-hydrogen) atoms. The van der Waals surface area contributed by atoms with Crippen molar-refractivity contribution in [2.24, 2.45) is 0 Å². The fourth-order valence-electron chi connectivity index (χ4n) is 2.01. The Morgan fingerprint density at radius 2 is 2.15 bits per heavy atom. The third-order valence-electron chi connectivity index (χ3n) is 2.93. The van der Waals surface area contributed by atoms with Crippen LogP contribution in [0, 0.1) is 0 Å². The number of rotatable bonds is 5. The maximum atomic E-state index is 12.8. The molecule has 0 bridgehead atoms. The van der Waals surface area contributed by atoms with Crippen LogP contribution in [-0.2, 0) is 12.6 Å². The van der Waals surface area contributed by atoms with Gasteiger partial charge in [0.2, 0.25) is 0 Å². The lowest BCUT2D eigenvalue weighted by Gasteiger charge is -2.18. The molecule has 1 heterocycles. The van der Waals surface area contributed by atoms with Crippen LogP contribution in [0.15, 0.2) is 35.8 Å². The lowest BCUT2D eigenvalue weighted by atomic mass is 10.0. The number of nitrogens with one attached hydrogen (secondary N) is 1. The summed E-state index contributed by atoms with van der Waals surface area (Å²) >= 11 is 1.51. The number of hydrogen-bond donors (Lipinski definition) is 1. The molecule has 1 unspecified atom stereocenters. The minimum Gasteiger partial charge on any atom is -0.310 e. The minimum absolute atomic E-state index is 0.159. The molecule has 1 atom stereocenters. The van der Waals surface area contributed by atoms with E-state index in [-0.39, 0.29) is 6.04 Å². The smallest absolute Gasteiger partial charge is 0.310 e. The second-order valence-corrected chi connectivity index (χ2v) is 5.34. The third kappa shape index (κ3) is 3.80. The molecule has 0 spiro atoms. The van der Waals surface area contributed by atoms with E-state index in [2.05, 4.69) is 10.3 Å². The molecule has 2 aromatic rings. The molecule has 0 saturated heterocycles. The van der Waals surface area contributed by atoms with Gasteiger partial charge in [-0.15, -0.1) is 11.3 Å². The SMILES string of the molecule is CCNC(Cc1nccs1)c1cccc(C(F)(F)F)c1. The van der Waals surface area contributed by atoms with Crippen LogP contribution in [-0.4, -0.2) is 11.5 Å². The number of benzene rings is 1. The zero-order chi connectivity index (χ0) is 14.6. The topological polar surface area (TPSA) is 24.9 Å². The van der Waals surface area contributed by atoms with E-state index < -0.39 is 11.7 Å². The highest BCUT2D eigenvalue weighted by atomic mass is 32.1. The Labute approximate surface area is 119 Å². The number of likely N-dealkylation sites (N-methyl/N-ethyl adjacent to an activating group) is 1. The van der Waals surface area contributed by atoms with Gasteiger partial charge < -0.3 is 5.32 Å². The van der Waals surface area contributed by atoms with Gasteiger partial charge in [0, 0.05) is 24.0 Å². The van der Waals surface area contributed by atoms with Gasteiger partial charge >= 0.3 is 6.18 Å². The van der Waals surface area contributed by atoms with Gasteiger partial charge in [-0.3, -0.25) is 0 Å². The van der Waals surface area contributed by atoms with Crippen LogP contribution in [0.25, 0.3) is 0 Å². The second kappa shape index (κ2) is 6.37. The van der Waals surface area contributed by atoms with Gasteiger partial charge in [0.15, 0.2) is 0 Å². The molecule has 6 heteroatoms. The summed E-state index contributed by atoms with van der Waals surface area (Å²) in [5, 5.41) is 5.99. The molecule has 1 aromatic heterocycles. The van der Waals surface area contributed by atoms with Crippen LogP contribution in [0.4, 0.5) is 13.2 Å². The molecule has 2 rings (SSSR count). The Morgan fingerprint density at radius 1 is 1.35 bits per heavy atom. The monoisotopic (exact) mass is 300 g/mol. The van der Waals surface area contributed by atoms with E-state index >= 15 is 0 Å². The summed E-state index contributed by atoms with van der Waals surface area (Å²) in [7, 11) is 0. The Hall–Kier alpha value is -1.40. The van der Waals surface area contributed by atoms with Gasteiger partial charge in [-0.2, -0.15) is 13.2 Å². The van der Waals surface area contributed by atoms with Crippen LogP contribution in [0.2, 0.25) is 0 Å². The zero-order valence-electron chi connectivity index (χ0n) is 10.9. The first kappa shape index (κ1) is 15.0. The van der Waals surface area contributed by atoms with Crippen molar-refractivity contribution >= 4 is 11.3 Å². The highest BCUT2D eigenvalue weighted by molar-refractivity contribution is 7.09. The molecular formula is C14H15F3N2S. The number of thiazole rings is 1. The standard InChI is InChI=1S/C14H15F3N2S/c1-2-18-12(9-13-19-6-7-20-13)10-4-3-5-11(8-10)14(15,16)17/h3-8,12,18H,2,9H2,1H3. The average Bonchev–Trinajstić information content (AvgIpc) is 2.90. The number of alkyl halides is 3. The summed E-state index contributed by atoms with van der Waals surface area (Å²) in [6, 6.07) is 5.31. The van der Waals surface area contributed by atoms with Gasteiger partial charge in [-0.05, 0) is 24.2 Å². The van der Waals surface area contributed by atoms with Crippen molar-refractivity contribution in [1.82, 2.24) is 10.3 Å². The zero-order valence-corrected chi connectivity index (χ0v) is 11.8. The largest absolute Gasteiger partial charge is 0.416 e. The molecular weight excluding hydrogens is 285 g/mol. The van der Waals surface area contributed by atoms with Crippen molar-refractivity contribution in [3.63, 3.8) is 0 Å². The highest BCUT2D eigenvalue weighted by Gasteiger charge is 2.31. The van der Waals surface area contributed by atoms with E-state index in [0.29, 0.717) is 18.5 Å². The van der Waals surface area contributed by atoms with E-state index in [1.807, 2.05) is 12.3 Å². The summed E-state index contributed by atoms with van der Waals surface area (Å²) in [5.41, 5.74) is 0.0221. The molecule has 1 aromatic carbocycles. The number of aromatic nitrogens is 1. The van der Waals surface area contributed by atoms with E-state index in [1.54, 1.807) is 12.3 Å². The fourth-order valence-corrected chi connectivity index (χ4v) is 2.68. The number of nitrogens with zero attached hydrogens (tertiary/aromatic N) is 1. The second-order valence-electron chi connectivity index (χ2n) is 4.36. The molecule has 0 aliphatic rings. The van der Waals surface area contributed by atoms with Crippen LogP contribution in [0.1, 0.15) is 29.1 Å². The van der Waals surface area contributed by atoms with Crippen LogP contribution in [0.3, 0.4) is 0 Å². The number of halogens is 3. The van der Waals surface area contributed by atoms with Crippen LogP contribution < -0.4 is 5.32 Å². The first-order valence-electron chi connectivity index (χ1n) is 6.29. The lowest BCUT2D eigenvalue weighted by Crippen LogP contribution is -2.23. The van der Waals surface area contributed by atoms with Gasteiger partial charge in [0.05, 0.1) is 10.6 Å². The summed E-state index contributed by atoms with van der Waals surface area (Å²) in [6.45, 7) is 2.62. The molecule has 0 radical (unpaired) electrons. The Balaban J connectivity index is 2.25. The summed E-state index contributed by atoms with van der Waals surface area (Å²) in [5.74, 6) is 0. The van der Waals surface area contributed by atoms with Crippen molar-refractivity contribution in [2.45, 2.75) is 25.6 Å². The van der Waals surface area contributed by atoms with Crippen LogP contribution >= 0.6 is 11.3 Å².